The van der Waals surface area contributed by atoms with E-state index in [1.807, 2.05) is 0 Å². The Morgan fingerprint density at radius 2 is 2.14 bits per heavy atom. The van der Waals surface area contributed by atoms with Crippen LogP contribution in [-0.2, 0) is 9.59 Å². The molecule has 0 aromatic rings. The van der Waals surface area contributed by atoms with Crippen LogP contribution in [0.25, 0.3) is 0 Å². The normalized spacial score (nSPS) is 22.0. The maximum Gasteiger partial charge on any atom is 0.242 e. The summed E-state index contributed by atoms with van der Waals surface area (Å²) < 4.78 is 0. The van der Waals surface area contributed by atoms with Gasteiger partial charge in [0.25, 0.3) is 0 Å². The van der Waals surface area contributed by atoms with Crippen LogP contribution >= 0.6 is 0 Å². The van der Waals surface area contributed by atoms with Crippen molar-refractivity contribution in [1.29, 1.82) is 0 Å². The Bertz CT molecular complexity index is 244. The number of rotatable bonds is 3. The van der Waals surface area contributed by atoms with E-state index in [-0.39, 0.29) is 11.9 Å². The van der Waals surface area contributed by atoms with Crippen LogP contribution in [0.5, 0.6) is 0 Å². The van der Waals surface area contributed by atoms with Gasteiger partial charge in [-0.2, -0.15) is 0 Å². The summed E-state index contributed by atoms with van der Waals surface area (Å²) in [6.07, 6.45) is 1.82. The summed E-state index contributed by atoms with van der Waals surface area (Å²) in [7, 11) is 0. The van der Waals surface area contributed by atoms with Crippen LogP contribution < -0.4 is 16.4 Å². The summed E-state index contributed by atoms with van der Waals surface area (Å²) in [6, 6.07) is -0.173. The van der Waals surface area contributed by atoms with E-state index in [0.717, 1.165) is 19.4 Å². The van der Waals surface area contributed by atoms with E-state index in [4.69, 9.17) is 5.73 Å². The molecule has 1 fully saturated rings. The highest BCUT2D eigenvalue weighted by atomic mass is 16.2. The first-order valence-electron chi connectivity index (χ1n) is 4.79. The van der Waals surface area contributed by atoms with Gasteiger partial charge in [-0.05, 0) is 33.2 Å². The molecule has 2 amide bonds. The molecule has 80 valence electrons. The molecule has 0 aromatic carbocycles. The molecule has 0 spiro atoms. The molecule has 0 aromatic heterocycles. The number of amides is 2. The first kappa shape index (κ1) is 11.0. The molecule has 1 saturated heterocycles. The molecule has 1 atom stereocenters. The van der Waals surface area contributed by atoms with Gasteiger partial charge in [0.05, 0.1) is 6.04 Å². The first-order chi connectivity index (χ1) is 6.43. The zero-order valence-electron chi connectivity index (χ0n) is 8.59. The molecule has 5 nitrogen and oxygen atoms in total. The SMILES string of the molecule is CC(C)(NC(=O)[C@H]1CCCN1)C(N)=O. The lowest BCUT2D eigenvalue weighted by atomic mass is 10.0. The molecule has 1 rings (SSSR count). The summed E-state index contributed by atoms with van der Waals surface area (Å²) in [4.78, 5) is 22.5. The monoisotopic (exact) mass is 199 g/mol. The van der Waals surface area contributed by atoms with Crippen LogP contribution in [0.1, 0.15) is 26.7 Å². The second-order valence-electron chi connectivity index (χ2n) is 4.13. The molecular weight excluding hydrogens is 182 g/mol. The van der Waals surface area contributed by atoms with E-state index in [1.54, 1.807) is 13.8 Å². The lowest BCUT2D eigenvalue weighted by molar-refractivity contribution is -0.131. The fourth-order valence-corrected chi connectivity index (χ4v) is 1.37. The zero-order valence-corrected chi connectivity index (χ0v) is 8.59. The van der Waals surface area contributed by atoms with Gasteiger partial charge in [-0.1, -0.05) is 0 Å². The van der Waals surface area contributed by atoms with E-state index in [1.165, 1.54) is 0 Å². The van der Waals surface area contributed by atoms with Gasteiger partial charge < -0.3 is 16.4 Å². The number of hydrogen-bond donors (Lipinski definition) is 3. The molecule has 0 saturated carbocycles. The molecule has 0 radical (unpaired) electrons. The number of primary amides is 1. The van der Waals surface area contributed by atoms with Crippen molar-refractivity contribution in [2.75, 3.05) is 6.54 Å². The number of carbonyl (C=O) groups excluding carboxylic acids is 2. The minimum absolute atomic E-state index is 0.147. The van der Waals surface area contributed by atoms with Crippen LogP contribution in [-0.4, -0.2) is 29.9 Å². The van der Waals surface area contributed by atoms with Crippen LogP contribution in [0, 0.1) is 0 Å². The molecular formula is C9H17N3O2. The van der Waals surface area contributed by atoms with Crippen LogP contribution in [0.3, 0.4) is 0 Å². The predicted molar refractivity (Wildman–Crippen MR) is 52.4 cm³/mol. The molecule has 1 aliphatic heterocycles. The van der Waals surface area contributed by atoms with Crippen molar-refractivity contribution in [2.45, 2.75) is 38.3 Å². The first-order valence-corrected chi connectivity index (χ1v) is 4.79. The number of carbonyl (C=O) groups is 2. The lowest BCUT2D eigenvalue weighted by Crippen LogP contribution is -2.56. The summed E-state index contributed by atoms with van der Waals surface area (Å²) in [6.45, 7) is 4.06. The largest absolute Gasteiger partial charge is 0.368 e. The van der Waals surface area contributed by atoms with Crippen LogP contribution in [0.2, 0.25) is 0 Å². The van der Waals surface area contributed by atoms with Gasteiger partial charge in [0, 0.05) is 0 Å². The second-order valence-corrected chi connectivity index (χ2v) is 4.13. The molecule has 1 aliphatic rings. The molecule has 0 aliphatic carbocycles. The van der Waals surface area contributed by atoms with E-state index in [9.17, 15) is 9.59 Å². The topological polar surface area (TPSA) is 84.2 Å². The van der Waals surface area contributed by atoms with Crippen molar-refractivity contribution < 1.29 is 9.59 Å². The third kappa shape index (κ3) is 2.45. The highest BCUT2D eigenvalue weighted by Crippen LogP contribution is 2.07. The Morgan fingerprint density at radius 1 is 1.50 bits per heavy atom. The van der Waals surface area contributed by atoms with Gasteiger partial charge in [0.15, 0.2) is 0 Å². The summed E-state index contributed by atoms with van der Waals surface area (Å²) in [5.41, 5.74) is 4.17. The van der Waals surface area contributed by atoms with Crippen molar-refractivity contribution in [2.24, 2.45) is 5.73 Å². The summed E-state index contributed by atoms with van der Waals surface area (Å²) >= 11 is 0. The van der Waals surface area contributed by atoms with Gasteiger partial charge in [0.1, 0.15) is 5.54 Å². The third-order valence-electron chi connectivity index (χ3n) is 2.43. The smallest absolute Gasteiger partial charge is 0.242 e. The van der Waals surface area contributed by atoms with Crippen LogP contribution in [0.4, 0.5) is 0 Å². The summed E-state index contributed by atoms with van der Waals surface area (Å²) in [5, 5.41) is 5.68. The standard InChI is InChI=1S/C9H17N3O2/c1-9(2,8(10)14)12-7(13)6-4-3-5-11-6/h6,11H,3-5H2,1-2H3,(H2,10,14)(H,12,13)/t6-/m1/s1. The van der Waals surface area contributed by atoms with Gasteiger partial charge in [-0.25, -0.2) is 0 Å². The maximum absolute atomic E-state index is 11.6. The highest BCUT2D eigenvalue weighted by Gasteiger charge is 2.31. The molecule has 14 heavy (non-hydrogen) atoms. The van der Waals surface area contributed by atoms with Gasteiger partial charge in [-0.3, -0.25) is 9.59 Å². The van der Waals surface area contributed by atoms with Gasteiger partial charge >= 0.3 is 0 Å². The Hall–Kier alpha value is -1.10. The van der Waals surface area contributed by atoms with Crippen LogP contribution in [0.15, 0.2) is 0 Å². The molecule has 4 N–H and O–H groups in total. The Labute approximate surface area is 83.4 Å². The lowest BCUT2D eigenvalue weighted by Gasteiger charge is -2.24. The number of nitrogens with two attached hydrogens (primary N) is 1. The van der Waals surface area contributed by atoms with Crippen molar-refractivity contribution in [3.63, 3.8) is 0 Å². The second kappa shape index (κ2) is 3.96. The van der Waals surface area contributed by atoms with E-state index < -0.39 is 11.4 Å². The Morgan fingerprint density at radius 3 is 2.57 bits per heavy atom. The number of nitrogens with one attached hydrogen (secondary N) is 2. The predicted octanol–water partition coefficient (Wildman–Crippen LogP) is -0.881. The van der Waals surface area contributed by atoms with E-state index in [0.29, 0.717) is 0 Å². The van der Waals surface area contributed by atoms with Crippen molar-refractivity contribution >= 4 is 11.8 Å². The van der Waals surface area contributed by atoms with Crippen molar-refractivity contribution in [1.82, 2.24) is 10.6 Å². The Kier molecular flexibility index (Phi) is 3.10. The van der Waals surface area contributed by atoms with E-state index in [2.05, 4.69) is 10.6 Å². The fraction of sp³-hybridized carbons (Fsp3) is 0.778. The summed E-state index contributed by atoms with van der Waals surface area (Å²) in [5.74, 6) is -0.671. The molecule has 5 heteroatoms. The van der Waals surface area contributed by atoms with E-state index >= 15 is 0 Å². The number of hydrogen-bond acceptors (Lipinski definition) is 3. The minimum Gasteiger partial charge on any atom is -0.368 e. The molecule has 0 bridgehead atoms. The van der Waals surface area contributed by atoms with Crippen molar-refractivity contribution in [3.8, 4) is 0 Å². The highest BCUT2D eigenvalue weighted by molar-refractivity contribution is 5.91. The average Bonchev–Trinajstić information content (AvgIpc) is 2.54. The average molecular weight is 199 g/mol. The maximum atomic E-state index is 11.6. The minimum atomic E-state index is -0.971. The van der Waals surface area contributed by atoms with Gasteiger partial charge in [0.2, 0.25) is 11.8 Å². The zero-order chi connectivity index (χ0) is 10.8. The molecule has 1 heterocycles. The Balaban J connectivity index is 2.51. The van der Waals surface area contributed by atoms with Gasteiger partial charge in [-0.15, -0.1) is 0 Å². The fourth-order valence-electron chi connectivity index (χ4n) is 1.37. The quantitative estimate of drug-likeness (QED) is 0.552. The third-order valence-corrected chi connectivity index (χ3v) is 2.43. The van der Waals surface area contributed by atoms with Crippen molar-refractivity contribution in [3.05, 3.63) is 0 Å². The molecule has 0 unspecified atom stereocenters.